The smallest absolute Gasteiger partial charge is 0.228 e. The zero-order valence-electron chi connectivity index (χ0n) is 10.8. The Kier molecular flexibility index (Phi) is 4.46. The van der Waals surface area contributed by atoms with E-state index in [9.17, 15) is 12.8 Å². The van der Waals surface area contributed by atoms with E-state index in [0.717, 1.165) is 0 Å². The summed E-state index contributed by atoms with van der Waals surface area (Å²) >= 11 is 0. The third kappa shape index (κ3) is 3.84. The summed E-state index contributed by atoms with van der Waals surface area (Å²) in [4.78, 5) is 4.12. The van der Waals surface area contributed by atoms with Crippen molar-refractivity contribution in [2.45, 2.75) is 13.3 Å². The minimum Gasteiger partial charge on any atom is -0.339 e. The SMILES string of the molecule is CCS(=O)(=O)NCCc1nc(-c2ccc(F)cc2)no1. The molecule has 0 unspecified atom stereocenters. The van der Waals surface area contributed by atoms with Gasteiger partial charge in [-0.2, -0.15) is 4.98 Å². The number of rotatable bonds is 6. The van der Waals surface area contributed by atoms with Crippen molar-refractivity contribution < 1.29 is 17.3 Å². The summed E-state index contributed by atoms with van der Waals surface area (Å²) in [6.07, 6.45) is 0.299. The Morgan fingerprint density at radius 1 is 1.30 bits per heavy atom. The average Bonchev–Trinajstić information content (AvgIpc) is 2.88. The molecule has 1 heterocycles. The number of hydrogen-bond donors (Lipinski definition) is 1. The fraction of sp³-hybridized carbons (Fsp3) is 0.333. The molecule has 6 nitrogen and oxygen atoms in total. The molecule has 0 aliphatic heterocycles. The first-order chi connectivity index (χ1) is 9.50. The molecule has 0 aliphatic rings. The minimum absolute atomic E-state index is 0.0255. The summed E-state index contributed by atoms with van der Waals surface area (Å²) in [5.41, 5.74) is 0.635. The zero-order valence-corrected chi connectivity index (χ0v) is 11.7. The normalized spacial score (nSPS) is 11.7. The molecule has 0 amide bonds. The molecule has 8 heteroatoms. The van der Waals surface area contributed by atoms with E-state index in [1.54, 1.807) is 19.1 Å². The number of nitrogens with zero attached hydrogens (tertiary/aromatic N) is 2. The summed E-state index contributed by atoms with van der Waals surface area (Å²) in [5, 5.41) is 3.77. The summed E-state index contributed by atoms with van der Waals surface area (Å²) < 4.78 is 42.7. The van der Waals surface area contributed by atoms with Crippen LogP contribution in [-0.4, -0.2) is 30.9 Å². The fourth-order valence-corrected chi connectivity index (χ4v) is 2.11. The van der Waals surface area contributed by atoms with Crippen molar-refractivity contribution in [2.75, 3.05) is 12.3 Å². The van der Waals surface area contributed by atoms with Crippen molar-refractivity contribution in [1.29, 1.82) is 0 Å². The molecular formula is C12H14FN3O3S. The minimum atomic E-state index is -3.22. The lowest BCUT2D eigenvalue weighted by Gasteiger charge is -2.00. The second-order valence-electron chi connectivity index (χ2n) is 4.07. The van der Waals surface area contributed by atoms with Crippen LogP contribution in [0.25, 0.3) is 11.4 Å². The molecule has 0 spiro atoms. The van der Waals surface area contributed by atoms with Gasteiger partial charge in [-0.3, -0.25) is 0 Å². The van der Waals surface area contributed by atoms with Gasteiger partial charge in [0.05, 0.1) is 5.75 Å². The van der Waals surface area contributed by atoms with E-state index in [4.69, 9.17) is 4.52 Å². The van der Waals surface area contributed by atoms with E-state index in [1.165, 1.54) is 12.1 Å². The lowest BCUT2D eigenvalue weighted by atomic mass is 10.2. The van der Waals surface area contributed by atoms with E-state index in [0.29, 0.717) is 23.7 Å². The molecule has 0 bridgehead atoms. The second kappa shape index (κ2) is 6.10. The van der Waals surface area contributed by atoms with Gasteiger partial charge in [-0.05, 0) is 31.2 Å². The largest absolute Gasteiger partial charge is 0.339 e. The summed E-state index contributed by atoms with van der Waals surface area (Å²) in [6, 6.07) is 5.70. The van der Waals surface area contributed by atoms with E-state index >= 15 is 0 Å². The van der Waals surface area contributed by atoms with Crippen molar-refractivity contribution in [3.8, 4) is 11.4 Å². The molecule has 2 rings (SSSR count). The number of aromatic nitrogens is 2. The molecule has 0 saturated heterocycles. The molecule has 0 aliphatic carbocycles. The predicted molar refractivity (Wildman–Crippen MR) is 70.9 cm³/mol. The van der Waals surface area contributed by atoms with Crippen LogP contribution in [0.5, 0.6) is 0 Å². The van der Waals surface area contributed by atoms with Gasteiger partial charge in [0.2, 0.25) is 21.7 Å². The zero-order chi connectivity index (χ0) is 14.6. The molecule has 2 aromatic rings. The summed E-state index contributed by atoms with van der Waals surface area (Å²) in [7, 11) is -3.22. The highest BCUT2D eigenvalue weighted by Crippen LogP contribution is 2.16. The lowest BCUT2D eigenvalue weighted by molar-refractivity contribution is 0.379. The third-order valence-electron chi connectivity index (χ3n) is 2.61. The van der Waals surface area contributed by atoms with Gasteiger partial charge in [0.25, 0.3) is 0 Å². The Balaban J connectivity index is 1.97. The van der Waals surface area contributed by atoms with Gasteiger partial charge in [-0.25, -0.2) is 17.5 Å². The topological polar surface area (TPSA) is 85.1 Å². The van der Waals surface area contributed by atoms with Gasteiger partial charge in [-0.1, -0.05) is 5.16 Å². The Hall–Kier alpha value is -1.80. The predicted octanol–water partition coefficient (Wildman–Crippen LogP) is 1.36. The van der Waals surface area contributed by atoms with Crippen LogP contribution in [-0.2, 0) is 16.4 Å². The van der Waals surface area contributed by atoms with Crippen LogP contribution < -0.4 is 4.72 Å². The van der Waals surface area contributed by atoms with Crippen LogP contribution >= 0.6 is 0 Å². The molecule has 0 saturated carbocycles. The first-order valence-electron chi connectivity index (χ1n) is 6.06. The van der Waals surface area contributed by atoms with Crippen molar-refractivity contribution in [3.63, 3.8) is 0 Å². The first kappa shape index (κ1) is 14.6. The maximum atomic E-state index is 12.8. The number of halogens is 1. The van der Waals surface area contributed by atoms with Gasteiger partial charge in [0.1, 0.15) is 5.82 Å². The Bertz CT molecular complexity index is 668. The highest BCUT2D eigenvalue weighted by atomic mass is 32.2. The maximum Gasteiger partial charge on any atom is 0.228 e. The molecule has 20 heavy (non-hydrogen) atoms. The quantitative estimate of drug-likeness (QED) is 0.870. The highest BCUT2D eigenvalue weighted by molar-refractivity contribution is 7.89. The number of sulfonamides is 1. The molecule has 0 radical (unpaired) electrons. The van der Waals surface area contributed by atoms with Crippen molar-refractivity contribution >= 4 is 10.0 Å². The number of nitrogens with one attached hydrogen (secondary N) is 1. The Labute approximate surface area is 116 Å². The molecule has 0 fully saturated rings. The van der Waals surface area contributed by atoms with Crippen LogP contribution in [0.15, 0.2) is 28.8 Å². The van der Waals surface area contributed by atoms with Gasteiger partial charge < -0.3 is 4.52 Å². The number of hydrogen-bond acceptors (Lipinski definition) is 5. The van der Waals surface area contributed by atoms with Crippen molar-refractivity contribution in [2.24, 2.45) is 0 Å². The molecule has 1 aromatic heterocycles. The lowest BCUT2D eigenvalue weighted by Crippen LogP contribution is -2.27. The Morgan fingerprint density at radius 2 is 2.00 bits per heavy atom. The third-order valence-corrected chi connectivity index (χ3v) is 4.02. The molecule has 0 atom stereocenters. The molecular weight excluding hydrogens is 285 g/mol. The van der Waals surface area contributed by atoms with Gasteiger partial charge >= 0.3 is 0 Å². The Morgan fingerprint density at radius 3 is 2.65 bits per heavy atom. The van der Waals surface area contributed by atoms with E-state index < -0.39 is 10.0 Å². The number of benzene rings is 1. The van der Waals surface area contributed by atoms with Crippen LogP contribution in [0.2, 0.25) is 0 Å². The van der Waals surface area contributed by atoms with Gasteiger partial charge in [0.15, 0.2) is 0 Å². The average molecular weight is 299 g/mol. The highest BCUT2D eigenvalue weighted by Gasteiger charge is 2.10. The van der Waals surface area contributed by atoms with Crippen LogP contribution in [0.3, 0.4) is 0 Å². The maximum absolute atomic E-state index is 12.8. The second-order valence-corrected chi connectivity index (χ2v) is 6.16. The van der Waals surface area contributed by atoms with Crippen molar-refractivity contribution in [1.82, 2.24) is 14.9 Å². The monoisotopic (exact) mass is 299 g/mol. The van der Waals surface area contributed by atoms with Crippen molar-refractivity contribution in [3.05, 3.63) is 36.0 Å². The first-order valence-corrected chi connectivity index (χ1v) is 7.71. The van der Waals surface area contributed by atoms with Gasteiger partial charge in [-0.15, -0.1) is 0 Å². The molecule has 1 aromatic carbocycles. The fourth-order valence-electron chi connectivity index (χ4n) is 1.49. The van der Waals surface area contributed by atoms with Crippen LogP contribution in [0, 0.1) is 5.82 Å². The van der Waals surface area contributed by atoms with Crippen LogP contribution in [0.4, 0.5) is 4.39 Å². The molecule has 1 N–H and O–H groups in total. The molecule has 108 valence electrons. The summed E-state index contributed by atoms with van der Waals surface area (Å²) in [6.45, 7) is 1.75. The van der Waals surface area contributed by atoms with E-state index in [-0.39, 0.29) is 18.1 Å². The standard InChI is InChI=1S/C12H14FN3O3S/c1-2-20(17,18)14-8-7-11-15-12(16-19-11)9-3-5-10(13)6-4-9/h3-6,14H,2,7-8H2,1H3. The summed E-state index contributed by atoms with van der Waals surface area (Å²) in [5.74, 6) is 0.352. The van der Waals surface area contributed by atoms with E-state index in [2.05, 4.69) is 14.9 Å². The van der Waals surface area contributed by atoms with E-state index in [1.807, 2.05) is 0 Å². The van der Waals surface area contributed by atoms with Gasteiger partial charge in [0, 0.05) is 18.5 Å². The van der Waals surface area contributed by atoms with Crippen LogP contribution in [0.1, 0.15) is 12.8 Å².